The van der Waals surface area contributed by atoms with Crippen LogP contribution in [-0.2, 0) is 21.3 Å². The molecule has 0 radical (unpaired) electrons. The first kappa shape index (κ1) is 25.8. The van der Waals surface area contributed by atoms with Crippen LogP contribution in [0, 0.1) is 25.2 Å². The molecule has 10 heteroatoms. The zero-order chi connectivity index (χ0) is 26.4. The molecule has 0 fully saturated rings. The Morgan fingerprint density at radius 3 is 2.32 bits per heavy atom. The van der Waals surface area contributed by atoms with E-state index in [1.165, 1.54) is 35.6 Å². The number of benzene rings is 3. The van der Waals surface area contributed by atoms with Crippen molar-refractivity contribution in [3.63, 3.8) is 0 Å². The Hall–Kier alpha value is -4.33. The second-order valence-electron chi connectivity index (χ2n) is 8.18. The fourth-order valence-electron chi connectivity index (χ4n) is 3.27. The van der Waals surface area contributed by atoms with E-state index >= 15 is 0 Å². The van der Waals surface area contributed by atoms with Crippen LogP contribution in [0.1, 0.15) is 27.3 Å². The molecule has 0 saturated carbocycles. The Kier molecular flexibility index (Phi) is 7.77. The summed E-state index contributed by atoms with van der Waals surface area (Å²) in [5, 5.41) is 21.3. The minimum atomic E-state index is -4.12. The van der Waals surface area contributed by atoms with E-state index in [4.69, 9.17) is 4.18 Å². The lowest BCUT2D eigenvalue weighted by molar-refractivity contribution is -0.112. The summed E-state index contributed by atoms with van der Waals surface area (Å²) in [5.41, 5.74) is 3.13. The number of anilines is 1. The second kappa shape index (κ2) is 11.2. The van der Waals surface area contributed by atoms with Gasteiger partial charge < -0.3 is 4.18 Å². The van der Waals surface area contributed by atoms with Crippen molar-refractivity contribution in [2.24, 2.45) is 0 Å². The molecule has 0 bridgehead atoms. The van der Waals surface area contributed by atoms with E-state index in [2.05, 4.69) is 15.5 Å². The molecule has 3 aromatic carbocycles. The summed E-state index contributed by atoms with van der Waals surface area (Å²) in [7, 11) is -4.12. The van der Waals surface area contributed by atoms with Crippen LogP contribution in [0.15, 0.2) is 83.3 Å². The van der Waals surface area contributed by atoms with E-state index in [1.807, 2.05) is 44.2 Å². The van der Waals surface area contributed by atoms with Gasteiger partial charge in [0.25, 0.3) is 5.91 Å². The number of nitrogens with zero attached hydrogens (tertiary/aromatic N) is 3. The van der Waals surface area contributed by atoms with Crippen LogP contribution >= 0.6 is 11.3 Å². The lowest BCUT2D eigenvalue weighted by Crippen LogP contribution is -2.13. The highest BCUT2D eigenvalue weighted by molar-refractivity contribution is 7.87. The van der Waals surface area contributed by atoms with E-state index in [-0.39, 0.29) is 26.9 Å². The summed E-state index contributed by atoms with van der Waals surface area (Å²) in [6.45, 7) is 3.86. The summed E-state index contributed by atoms with van der Waals surface area (Å²) >= 11 is 1.21. The summed E-state index contributed by atoms with van der Waals surface area (Å²) in [4.78, 5) is 12.8. The van der Waals surface area contributed by atoms with Crippen LogP contribution in [0.3, 0.4) is 0 Å². The Balaban J connectivity index is 1.50. The van der Waals surface area contributed by atoms with Crippen LogP contribution in [0.4, 0.5) is 5.13 Å². The predicted molar refractivity (Wildman–Crippen MR) is 142 cm³/mol. The maximum absolute atomic E-state index is 12.8. The molecule has 8 nitrogen and oxygen atoms in total. The fraction of sp³-hybridized carbons (Fsp3) is 0.111. The summed E-state index contributed by atoms with van der Waals surface area (Å²) in [5.74, 6) is -0.711. The zero-order valence-corrected chi connectivity index (χ0v) is 21.6. The van der Waals surface area contributed by atoms with Crippen molar-refractivity contribution in [2.45, 2.75) is 25.2 Å². The third-order valence-electron chi connectivity index (χ3n) is 5.26. The van der Waals surface area contributed by atoms with Gasteiger partial charge in [-0.3, -0.25) is 10.1 Å². The molecule has 1 heterocycles. The third kappa shape index (κ3) is 6.67. The summed E-state index contributed by atoms with van der Waals surface area (Å²) in [6, 6.07) is 22.4. The maximum atomic E-state index is 12.8. The van der Waals surface area contributed by atoms with Crippen LogP contribution in [0.25, 0.3) is 6.08 Å². The van der Waals surface area contributed by atoms with Crippen molar-refractivity contribution in [3.8, 4) is 11.8 Å². The van der Waals surface area contributed by atoms with E-state index in [0.29, 0.717) is 11.4 Å². The van der Waals surface area contributed by atoms with E-state index < -0.39 is 16.0 Å². The molecule has 0 spiro atoms. The Morgan fingerprint density at radius 1 is 1.00 bits per heavy atom. The first-order valence-electron chi connectivity index (χ1n) is 11.1. The number of amides is 1. The molecule has 0 aliphatic rings. The molecule has 37 heavy (non-hydrogen) atoms. The number of para-hydroxylation sites is 1. The molecule has 1 aromatic heterocycles. The molecule has 4 aromatic rings. The van der Waals surface area contributed by atoms with Gasteiger partial charge in [0.15, 0.2) is 0 Å². The van der Waals surface area contributed by atoms with Gasteiger partial charge in [0, 0.05) is 12.0 Å². The van der Waals surface area contributed by atoms with Gasteiger partial charge in [-0.25, -0.2) is 0 Å². The Morgan fingerprint density at radius 2 is 1.65 bits per heavy atom. The number of carbonyl (C=O) groups is 1. The second-order valence-corrected chi connectivity index (χ2v) is 10.8. The first-order valence-corrected chi connectivity index (χ1v) is 13.4. The summed E-state index contributed by atoms with van der Waals surface area (Å²) in [6.07, 6.45) is 1.83. The van der Waals surface area contributed by atoms with Gasteiger partial charge in [-0.05, 0) is 43.7 Å². The van der Waals surface area contributed by atoms with Gasteiger partial charge in [0.05, 0.1) is 0 Å². The van der Waals surface area contributed by atoms with E-state index in [9.17, 15) is 18.5 Å². The number of hydrogen-bond acceptors (Lipinski definition) is 8. The van der Waals surface area contributed by atoms with Gasteiger partial charge in [-0.2, -0.15) is 13.7 Å². The fourth-order valence-corrected chi connectivity index (χ4v) is 4.99. The van der Waals surface area contributed by atoms with Crippen LogP contribution < -0.4 is 9.50 Å². The number of nitrogens with one attached hydrogen (secondary N) is 1. The van der Waals surface area contributed by atoms with Crippen molar-refractivity contribution in [1.82, 2.24) is 10.2 Å². The van der Waals surface area contributed by atoms with Gasteiger partial charge in [0.1, 0.15) is 27.3 Å². The van der Waals surface area contributed by atoms with Crippen LogP contribution in [0.5, 0.6) is 5.75 Å². The molecule has 0 aliphatic heterocycles. The molecule has 0 unspecified atom stereocenters. The minimum Gasteiger partial charge on any atom is -0.378 e. The van der Waals surface area contributed by atoms with Gasteiger partial charge in [0.2, 0.25) is 5.13 Å². The topological polar surface area (TPSA) is 122 Å². The maximum Gasteiger partial charge on any atom is 0.339 e. The van der Waals surface area contributed by atoms with Crippen molar-refractivity contribution >= 4 is 38.6 Å². The van der Waals surface area contributed by atoms with Crippen molar-refractivity contribution in [1.29, 1.82) is 5.26 Å². The normalized spacial score (nSPS) is 11.5. The number of aromatic nitrogens is 2. The van der Waals surface area contributed by atoms with Crippen molar-refractivity contribution in [2.75, 3.05) is 5.32 Å². The van der Waals surface area contributed by atoms with Crippen LogP contribution in [-0.4, -0.2) is 24.5 Å². The molecule has 0 saturated heterocycles. The van der Waals surface area contributed by atoms with Gasteiger partial charge >= 0.3 is 10.1 Å². The van der Waals surface area contributed by atoms with E-state index in [0.717, 1.165) is 16.7 Å². The largest absolute Gasteiger partial charge is 0.378 e. The molecular weight excluding hydrogens is 508 g/mol. The highest BCUT2D eigenvalue weighted by atomic mass is 32.2. The van der Waals surface area contributed by atoms with Crippen molar-refractivity contribution < 1.29 is 17.4 Å². The lowest BCUT2D eigenvalue weighted by Gasteiger charge is -2.10. The Labute approximate surface area is 219 Å². The predicted octanol–water partition coefficient (Wildman–Crippen LogP) is 5.06. The average molecular weight is 531 g/mol. The van der Waals surface area contributed by atoms with Crippen LogP contribution in [0.2, 0.25) is 0 Å². The number of nitriles is 1. The van der Waals surface area contributed by atoms with Gasteiger partial charge in [-0.15, -0.1) is 10.2 Å². The van der Waals surface area contributed by atoms with Crippen molar-refractivity contribution in [3.05, 3.63) is 106 Å². The molecule has 0 aliphatic carbocycles. The quantitative estimate of drug-likeness (QED) is 0.192. The zero-order valence-electron chi connectivity index (χ0n) is 20.0. The first-order chi connectivity index (χ1) is 17.7. The smallest absolute Gasteiger partial charge is 0.339 e. The molecular formula is C27H22N4O4S2. The third-order valence-corrected chi connectivity index (χ3v) is 7.34. The average Bonchev–Trinajstić information content (AvgIpc) is 3.31. The number of rotatable bonds is 8. The monoisotopic (exact) mass is 530 g/mol. The number of carbonyl (C=O) groups excluding carboxylic acids is 1. The van der Waals surface area contributed by atoms with Gasteiger partial charge in [-0.1, -0.05) is 77.1 Å². The lowest BCUT2D eigenvalue weighted by atomic mass is 10.1. The molecule has 4 rings (SSSR count). The minimum absolute atomic E-state index is 0.00663. The highest BCUT2D eigenvalue weighted by Crippen LogP contribution is 2.26. The number of hydrogen-bond donors (Lipinski definition) is 1. The molecule has 1 N–H and O–H groups in total. The SMILES string of the molecule is Cc1ccc(Cc2nnc(NC(=O)/C(C#N)=C/c3ccccc3OS(=O)(=O)c3ccc(C)cc3)s2)cc1. The molecule has 1 amide bonds. The molecule has 186 valence electrons. The standard InChI is InChI=1S/C27H22N4O4S2/c1-18-7-11-20(12-8-18)15-25-30-31-27(36-25)29-26(32)22(17-28)16-21-5-3-4-6-24(21)35-37(33,34)23-13-9-19(2)10-14-23/h3-14,16H,15H2,1-2H3,(H,29,31,32)/b22-16+. The highest BCUT2D eigenvalue weighted by Gasteiger charge is 2.19. The van der Waals surface area contributed by atoms with E-state index in [1.54, 1.807) is 30.3 Å². The molecule has 0 atom stereocenters. The Bertz CT molecular complexity index is 1600. The summed E-state index contributed by atoms with van der Waals surface area (Å²) < 4.78 is 30.8. The number of aryl methyl sites for hydroxylation is 2.